The summed E-state index contributed by atoms with van der Waals surface area (Å²) in [5, 5.41) is 3.97. The van der Waals surface area contributed by atoms with Crippen molar-refractivity contribution in [1.82, 2.24) is 9.97 Å². The highest BCUT2D eigenvalue weighted by Crippen LogP contribution is 2.34. The lowest BCUT2D eigenvalue weighted by atomic mass is 10.2. The fraction of sp³-hybridized carbons (Fsp3) is 0.381. The van der Waals surface area contributed by atoms with Crippen molar-refractivity contribution in [1.29, 1.82) is 0 Å². The Morgan fingerprint density at radius 2 is 1.93 bits per heavy atom. The summed E-state index contributed by atoms with van der Waals surface area (Å²) in [7, 11) is 0. The quantitative estimate of drug-likeness (QED) is 0.266. The number of thioether (sulfide) groups is 3. The molecule has 0 aliphatic rings. The lowest BCUT2D eigenvalue weighted by molar-refractivity contribution is -0.116. The largest absolute Gasteiger partial charge is 0.323 e. The second-order valence-corrected chi connectivity index (χ2v) is 10.5. The first-order chi connectivity index (χ1) is 14.1. The summed E-state index contributed by atoms with van der Waals surface area (Å²) < 4.78 is 2.37. The summed E-state index contributed by atoms with van der Waals surface area (Å²) in [6.07, 6.45) is 7.59. The van der Waals surface area contributed by atoms with Crippen LogP contribution in [0.4, 0.5) is 5.69 Å². The molecular weight excluding hydrogens is 439 g/mol. The predicted octanol–water partition coefficient (Wildman–Crippen LogP) is 6.73. The van der Waals surface area contributed by atoms with Crippen LogP contribution in [-0.4, -0.2) is 34.1 Å². The number of carbonyl (C=O) groups excluding carboxylic acids is 1. The number of pyridine rings is 1. The first kappa shape index (κ1) is 22.5. The zero-order valence-corrected chi connectivity index (χ0v) is 20.1. The SMILES string of the molecule is CSc1cc(C)nc(SC)c1NC(=O)CCCCCSc1nc2ccccc2s1. The normalized spacial score (nSPS) is 11.1. The van der Waals surface area contributed by atoms with Gasteiger partial charge in [0.15, 0.2) is 4.34 Å². The second-order valence-electron chi connectivity index (χ2n) is 6.50. The molecule has 1 aromatic carbocycles. The maximum absolute atomic E-state index is 12.4. The Bertz CT molecular complexity index is 915. The molecule has 0 saturated carbocycles. The third-order valence-electron chi connectivity index (χ3n) is 4.30. The van der Waals surface area contributed by atoms with E-state index in [2.05, 4.69) is 33.5 Å². The number of nitrogens with zero attached hydrogens (tertiary/aromatic N) is 2. The zero-order valence-electron chi connectivity index (χ0n) is 16.9. The van der Waals surface area contributed by atoms with E-state index in [0.717, 1.165) is 56.2 Å². The molecule has 4 nitrogen and oxygen atoms in total. The van der Waals surface area contributed by atoms with Crippen molar-refractivity contribution in [2.75, 3.05) is 23.6 Å². The van der Waals surface area contributed by atoms with E-state index < -0.39 is 0 Å². The van der Waals surface area contributed by atoms with Gasteiger partial charge in [0.1, 0.15) is 5.03 Å². The van der Waals surface area contributed by atoms with Crippen molar-refractivity contribution >= 4 is 68.4 Å². The molecule has 154 valence electrons. The van der Waals surface area contributed by atoms with E-state index >= 15 is 0 Å². The molecule has 0 radical (unpaired) electrons. The molecule has 8 heteroatoms. The predicted molar refractivity (Wildman–Crippen MR) is 130 cm³/mol. The Balaban J connectivity index is 1.40. The van der Waals surface area contributed by atoms with Gasteiger partial charge in [-0.1, -0.05) is 30.3 Å². The molecule has 0 atom stereocenters. The molecule has 0 saturated heterocycles. The number of rotatable bonds is 10. The van der Waals surface area contributed by atoms with E-state index in [1.165, 1.54) is 4.70 Å². The molecule has 0 fully saturated rings. The Labute approximate surface area is 189 Å². The summed E-state index contributed by atoms with van der Waals surface area (Å²) in [6.45, 7) is 1.98. The van der Waals surface area contributed by atoms with E-state index in [4.69, 9.17) is 0 Å². The Morgan fingerprint density at radius 3 is 2.69 bits per heavy atom. The monoisotopic (exact) mass is 463 g/mol. The third kappa shape index (κ3) is 6.38. The minimum absolute atomic E-state index is 0.0695. The van der Waals surface area contributed by atoms with Gasteiger partial charge in [0.05, 0.1) is 15.9 Å². The molecule has 0 bridgehead atoms. The summed E-state index contributed by atoms with van der Waals surface area (Å²) in [5.41, 5.74) is 2.91. The zero-order chi connectivity index (χ0) is 20.6. The summed E-state index contributed by atoms with van der Waals surface area (Å²) >= 11 is 6.77. The number of amides is 1. The van der Waals surface area contributed by atoms with Crippen LogP contribution in [0.5, 0.6) is 0 Å². The summed E-state index contributed by atoms with van der Waals surface area (Å²) in [5.74, 6) is 1.11. The second kappa shape index (κ2) is 11.2. The third-order valence-corrected chi connectivity index (χ3v) is 8.01. The fourth-order valence-corrected chi connectivity index (χ4v) is 6.32. The first-order valence-corrected chi connectivity index (χ1v) is 13.7. The molecular formula is C21H25N3OS4. The number of nitrogens with one attached hydrogen (secondary N) is 1. The van der Waals surface area contributed by atoms with E-state index in [1.54, 1.807) is 34.9 Å². The number of benzene rings is 1. The van der Waals surface area contributed by atoms with Crippen LogP contribution >= 0.6 is 46.6 Å². The molecule has 2 heterocycles. The maximum atomic E-state index is 12.4. The molecule has 2 aromatic heterocycles. The minimum atomic E-state index is 0.0695. The van der Waals surface area contributed by atoms with Gasteiger partial charge in [0, 0.05) is 22.8 Å². The number of thiazole rings is 1. The van der Waals surface area contributed by atoms with E-state index in [-0.39, 0.29) is 5.91 Å². The Kier molecular flexibility index (Phi) is 8.71. The average molecular weight is 464 g/mol. The van der Waals surface area contributed by atoms with Gasteiger partial charge >= 0.3 is 0 Å². The van der Waals surface area contributed by atoms with Crippen LogP contribution < -0.4 is 5.32 Å². The topological polar surface area (TPSA) is 54.9 Å². The lowest BCUT2D eigenvalue weighted by Gasteiger charge is -2.13. The maximum Gasteiger partial charge on any atom is 0.224 e. The summed E-state index contributed by atoms with van der Waals surface area (Å²) in [4.78, 5) is 22.7. The van der Waals surface area contributed by atoms with Crippen LogP contribution in [0.25, 0.3) is 10.2 Å². The fourth-order valence-electron chi connectivity index (χ4n) is 2.88. The number of unbranched alkanes of at least 4 members (excludes halogenated alkanes) is 2. The smallest absolute Gasteiger partial charge is 0.224 e. The molecule has 0 spiro atoms. The van der Waals surface area contributed by atoms with Crippen LogP contribution in [0.1, 0.15) is 31.4 Å². The van der Waals surface area contributed by atoms with Crippen molar-refractivity contribution in [3.05, 3.63) is 36.0 Å². The van der Waals surface area contributed by atoms with Gasteiger partial charge in [0.25, 0.3) is 0 Å². The van der Waals surface area contributed by atoms with Gasteiger partial charge in [-0.15, -0.1) is 34.9 Å². The van der Waals surface area contributed by atoms with Crippen molar-refractivity contribution in [3.8, 4) is 0 Å². The Hall–Kier alpha value is -1.22. The van der Waals surface area contributed by atoms with Crippen LogP contribution in [-0.2, 0) is 4.79 Å². The van der Waals surface area contributed by atoms with Crippen molar-refractivity contribution in [2.45, 2.75) is 46.9 Å². The number of fused-ring (bicyclic) bond motifs is 1. The number of aromatic nitrogens is 2. The van der Waals surface area contributed by atoms with Gasteiger partial charge < -0.3 is 5.32 Å². The van der Waals surface area contributed by atoms with Crippen LogP contribution in [0.2, 0.25) is 0 Å². The first-order valence-electron chi connectivity index (χ1n) is 9.48. The van der Waals surface area contributed by atoms with E-state index in [1.807, 2.05) is 43.3 Å². The van der Waals surface area contributed by atoms with Crippen LogP contribution in [0.3, 0.4) is 0 Å². The van der Waals surface area contributed by atoms with Gasteiger partial charge in [0.2, 0.25) is 5.91 Å². The van der Waals surface area contributed by atoms with Crippen molar-refractivity contribution in [3.63, 3.8) is 0 Å². The van der Waals surface area contributed by atoms with Gasteiger partial charge in [-0.25, -0.2) is 9.97 Å². The highest BCUT2D eigenvalue weighted by Gasteiger charge is 2.13. The number of aryl methyl sites for hydroxylation is 1. The lowest BCUT2D eigenvalue weighted by Crippen LogP contribution is -2.13. The number of hydrogen-bond donors (Lipinski definition) is 1. The molecule has 1 amide bonds. The molecule has 0 unspecified atom stereocenters. The van der Waals surface area contributed by atoms with Gasteiger partial charge in [-0.2, -0.15) is 0 Å². The molecule has 3 aromatic rings. The minimum Gasteiger partial charge on any atom is -0.323 e. The average Bonchev–Trinajstić information content (AvgIpc) is 3.14. The Morgan fingerprint density at radius 1 is 1.10 bits per heavy atom. The highest BCUT2D eigenvalue weighted by molar-refractivity contribution is 8.01. The standard InChI is InChI=1S/C21H25N3OS4/c1-14-13-17(26-2)19(20(22-14)27-3)24-18(25)11-5-4-8-12-28-21-23-15-9-6-7-10-16(15)29-21/h6-7,9-10,13H,4-5,8,11-12H2,1-3H3,(H,24,25). The molecule has 3 rings (SSSR count). The molecule has 0 aliphatic carbocycles. The molecule has 1 N–H and O–H groups in total. The summed E-state index contributed by atoms with van der Waals surface area (Å²) in [6, 6.07) is 10.3. The van der Waals surface area contributed by atoms with Crippen LogP contribution in [0.15, 0.2) is 44.6 Å². The number of anilines is 1. The molecule has 29 heavy (non-hydrogen) atoms. The van der Waals surface area contributed by atoms with Gasteiger partial charge in [-0.3, -0.25) is 4.79 Å². The van der Waals surface area contributed by atoms with Gasteiger partial charge in [-0.05, 0) is 50.5 Å². The number of carbonyl (C=O) groups is 1. The van der Waals surface area contributed by atoms with Crippen molar-refractivity contribution in [2.24, 2.45) is 0 Å². The van der Waals surface area contributed by atoms with E-state index in [9.17, 15) is 4.79 Å². The number of para-hydroxylation sites is 1. The van der Waals surface area contributed by atoms with Crippen molar-refractivity contribution < 1.29 is 4.79 Å². The van der Waals surface area contributed by atoms with E-state index in [0.29, 0.717) is 6.42 Å². The highest BCUT2D eigenvalue weighted by atomic mass is 32.2. The molecule has 0 aliphatic heterocycles. The van der Waals surface area contributed by atoms with Crippen LogP contribution in [0, 0.1) is 6.92 Å². The number of hydrogen-bond acceptors (Lipinski definition) is 7.